The number of amides is 1. The Morgan fingerprint density at radius 3 is 2.42 bits per heavy atom. The molecule has 5 rings (SSSR count). The summed E-state index contributed by atoms with van der Waals surface area (Å²) < 4.78 is 6.91. The van der Waals surface area contributed by atoms with Gasteiger partial charge in [-0.3, -0.25) is 9.59 Å². The summed E-state index contributed by atoms with van der Waals surface area (Å²) >= 11 is 3.52. The fourth-order valence-corrected chi connectivity index (χ4v) is 4.63. The Morgan fingerprint density at radius 2 is 1.68 bits per heavy atom. The van der Waals surface area contributed by atoms with Crippen LogP contribution in [0.15, 0.2) is 80.4 Å². The maximum absolute atomic E-state index is 13.6. The first kappa shape index (κ1) is 19.8. The lowest BCUT2D eigenvalue weighted by Crippen LogP contribution is -2.29. The average Bonchev–Trinajstić information content (AvgIpc) is 3.02. The number of aryl methyl sites for hydroxylation is 2. The number of benzene rings is 3. The minimum Gasteiger partial charge on any atom is -0.450 e. The molecule has 0 N–H and O–H groups in total. The number of nitrogens with zero attached hydrogens (tertiary/aromatic N) is 1. The molecule has 1 aliphatic heterocycles. The van der Waals surface area contributed by atoms with Crippen LogP contribution in [0, 0.1) is 13.8 Å². The molecular formula is C26H20BrNO3. The van der Waals surface area contributed by atoms with E-state index < -0.39 is 6.04 Å². The van der Waals surface area contributed by atoms with Gasteiger partial charge >= 0.3 is 0 Å². The Bertz CT molecular complexity index is 1390. The second kappa shape index (κ2) is 7.50. The molecule has 1 atom stereocenters. The minimum atomic E-state index is -0.512. The van der Waals surface area contributed by atoms with Crippen LogP contribution >= 0.6 is 15.9 Å². The topological polar surface area (TPSA) is 50.5 Å². The van der Waals surface area contributed by atoms with E-state index in [1.54, 1.807) is 11.0 Å². The van der Waals surface area contributed by atoms with Gasteiger partial charge in [0.25, 0.3) is 5.91 Å². The summed E-state index contributed by atoms with van der Waals surface area (Å²) in [5.41, 5.74) is 4.69. The summed E-state index contributed by atoms with van der Waals surface area (Å²) in [6, 6.07) is 20.8. The highest BCUT2D eigenvalue weighted by Gasteiger charge is 2.42. The van der Waals surface area contributed by atoms with Crippen LogP contribution in [0.5, 0.6) is 0 Å². The van der Waals surface area contributed by atoms with Gasteiger partial charge in [-0.05, 0) is 49.2 Å². The number of carbonyl (C=O) groups is 1. The van der Waals surface area contributed by atoms with Gasteiger partial charge in [0.15, 0.2) is 5.43 Å². The average molecular weight is 474 g/mol. The summed E-state index contributed by atoms with van der Waals surface area (Å²) in [5.74, 6) is -0.126. The monoisotopic (exact) mass is 473 g/mol. The van der Waals surface area contributed by atoms with Gasteiger partial charge in [-0.15, -0.1) is 0 Å². The number of hydrogen-bond donors (Lipinski definition) is 0. The molecule has 1 aromatic heterocycles. The van der Waals surface area contributed by atoms with Gasteiger partial charge in [-0.2, -0.15) is 0 Å². The molecule has 0 unspecified atom stereocenters. The quantitative estimate of drug-likeness (QED) is 0.371. The predicted octanol–water partition coefficient (Wildman–Crippen LogP) is 5.92. The van der Waals surface area contributed by atoms with E-state index in [1.165, 1.54) is 0 Å². The Labute approximate surface area is 188 Å². The third-order valence-electron chi connectivity index (χ3n) is 5.76. The van der Waals surface area contributed by atoms with Gasteiger partial charge in [0.05, 0.1) is 17.0 Å². The van der Waals surface area contributed by atoms with Crippen LogP contribution < -0.4 is 5.43 Å². The molecule has 5 heteroatoms. The van der Waals surface area contributed by atoms with E-state index in [0.29, 0.717) is 23.1 Å². The highest BCUT2D eigenvalue weighted by molar-refractivity contribution is 9.10. The number of rotatable bonds is 3. The lowest BCUT2D eigenvalue weighted by atomic mass is 9.98. The van der Waals surface area contributed by atoms with Crippen LogP contribution in [0.1, 0.15) is 44.4 Å². The van der Waals surface area contributed by atoms with Crippen molar-refractivity contribution in [2.75, 3.05) is 0 Å². The second-order valence-corrected chi connectivity index (χ2v) is 8.97. The number of halogens is 1. The molecule has 0 saturated carbocycles. The first-order valence-electron chi connectivity index (χ1n) is 10.1. The van der Waals surface area contributed by atoms with E-state index in [4.69, 9.17) is 4.42 Å². The number of carbonyl (C=O) groups excluding carboxylic acids is 1. The van der Waals surface area contributed by atoms with Crippen LogP contribution in [0.4, 0.5) is 0 Å². The summed E-state index contributed by atoms with van der Waals surface area (Å²) in [4.78, 5) is 28.8. The van der Waals surface area contributed by atoms with Gasteiger partial charge in [-0.25, -0.2) is 0 Å². The zero-order valence-electron chi connectivity index (χ0n) is 17.2. The molecule has 3 aromatic carbocycles. The molecule has 2 heterocycles. The van der Waals surface area contributed by atoms with E-state index in [-0.39, 0.29) is 17.1 Å². The smallest absolute Gasteiger partial charge is 0.291 e. The fraction of sp³-hybridized carbons (Fsp3) is 0.154. The van der Waals surface area contributed by atoms with Crippen molar-refractivity contribution in [1.82, 2.24) is 4.90 Å². The molecule has 154 valence electrons. The molecule has 0 bridgehead atoms. The maximum Gasteiger partial charge on any atom is 0.291 e. The molecule has 0 radical (unpaired) electrons. The molecule has 31 heavy (non-hydrogen) atoms. The van der Waals surface area contributed by atoms with E-state index in [2.05, 4.69) is 15.9 Å². The third-order valence-corrected chi connectivity index (χ3v) is 6.25. The van der Waals surface area contributed by atoms with Crippen molar-refractivity contribution in [3.8, 4) is 0 Å². The minimum absolute atomic E-state index is 0.137. The summed E-state index contributed by atoms with van der Waals surface area (Å²) in [6.45, 7) is 4.35. The van der Waals surface area contributed by atoms with Crippen LogP contribution in [-0.4, -0.2) is 10.8 Å². The number of hydrogen-bond acceptors (Lipinski definition) is 3. The van der Waals surface area contributed by atoms with Crippen molar-refractivity contribution < 1.29 is 9.21 Å². The van der Waals surface area contributed by atoms with Crippen molar-refractivity contribution in [3.63, 3.8) is 0 Å². The van der Waals surface area contributed by atoms with Crippen LogP contribution in [-0.2, 0) is 6.54 Å². The summed E-state index contributed by atoms with van der Waals surface area (Å²) in [5, 5.41) is 0.503. The van der Waals surface area contributed by atoms with E-state index in [0.717, 1.165) is 26.7 Å². The standard InChI is InChI=1S/C26H20BrNO3/c1-15-6-9-17(10-7-15)14-28-23(18-4-3-5-19(27)13-18)22-24(29)20-12-16(2)8-11-21(20)31-25(22)26(28)30/h3-13,23H,14H2,1-2H3/t23-/m0/s1. The van der Waals surface area contributed by atoms with Gasteiger partial charge < -0.3 is 9.32 Å². The third kappa shape index (κ3) is 3.39. The summed E-state index contributed by atoms with van der Waals surface area (Å²) in [7, 11) is 0. The SMILES string of the molecule is Cc1ccc(CN2C(=O)c3oc4ccc(C)cc4c(=O)c3[C@@H]2c2cccc(Br)c2)cc1. The van der Waals surface area contributed by atoms with Crippen molar-refractivity contribution in [1.29, 1.82) is 0 Å². The van der Waals surface area contributed by atoms with Crippen molar-refractivity contribution in [2.45, 2.75) is 26.4 Å². The van der Waals surface area contributed by atoms with Gasteiger partial charge in [0.1, 0.15) is 5.58 Å². The number of fused-ring (bicyclic) bond motifs is 2. The first-order chi connectivity index (χ1) is 14.9. The Balaban J connectivity index is 1.73. The van der Waals surface area contributed by atoms with E-state index in [9.17, 15) is 9.59 Å². The first-order valence-corrected chi connectivity index (χ1v) is 10.9. The zero-order valence-corrected chi connectivity index (χ0v) is 18.8. The molecule has 1 amide bonds. The largest absolute Gasteiger partial charge is 0.450 e. The van der Waals surface area contributed by atoms with Crippen LogP contribution in [0.3, 0.4) is 0 Å². The normalized spacial score (nSPS) is 15.5. The van der Waals surface area contributed by atoms with E-state index in [1.807, 2.05) is 74.5 Å². The molecule has 1 aliphatic rings. The van der Waals surface area contributed by atoms with Crippen LogP contribution in [0.2, 0.25) is 0 Å². The molecule has 4 aromatic rings. The second-order valence-electron chi connectivity index (χ2n) is 8.05. The molecule has 4 nitrogen and oxygen atoms in total. The lowest BCUT2D eigenvalue weighted by molar-refractivity contribution is 0.0714. The predicted molar refractivity (Wildman–Crippen MR) is 124 cm³/mol. The summed E-state index contributed by atoms with van der Waals surface area (Å²) in [6.07, 6.45) is 0. The van der Waals surface area contributed by atoms with E-state index >= 15 is 0 Å². The highest BCUT2D eigenvalue weighted by atomic mass is 79.9. The van der Waals surface area contributed by atoms with Crippen molar-refractivity contribution in [2.24, 2.45) is 0 Å². The molecule has 0 saturated heterocycles. The fourth-order valence-electron chi connectivity index (χ4n) is 4.21. The Kier molecular flexibility index (Phi) is 4.78. The van der Waals surface area contributed by atoms with Crippen LogP contribution in [0.25, 0.3) is 11.0 Å². The molecule has 0 spiro atoms. The zero-order chi connectivity index (χ0) is 21.7. The maximum atomic E-state index is 13.6. The Hall–Kier alpha value is -3.18. The molecular weight excluding hydrogens is 454 g/mol. The van der Waals surface area contributed by atoms with Crippen molar-refractivity contribution in [3.05, 3.63) is 115 Å². The Morgan fingerprint density at radius 1 is 0.935 bits per heavy atom. The molecule has 0 fully saturated rings. The molecule has 0 aliphatic carbocycles. The lowest BCUT2D eigenvalue weighted by Gasteiger charge is -2.25. The van der Waals surface area contributed by atoms with Gasteiger partial charge in [0, 0.05) is 11.0 Å². The van der Waals surface area contributed by atoms with Gasteiger partial charge in [-0.1, -0.05) is 69.5 Å². The van der Waals surface area contributed by atoms with Gasteiger partial charge in [0.2, 0.25) is 5.76 Å². The van der Waals surface area contributed by atoms with Crippen molar-refractivity contribution >= 4 is 32.8 Å². The highest BCUT2D eigenvalue weighted by Crippen LogP contribution is 2.39.